The number of amides is 1. The van der Waals surface area contributed by atoms with Gasteiger partial charge in [-0.15, -0.1) is 0 Å². The number of esters is 1. The molecule has 4 aromatic rings. The Kier molecular flexibility index (Phi) is 10.5. The number of aryl methyl sites for hydroxylation is 1. The number of alkyl carbamates (subject to hydrolysis) is 1. The van der Waals surface area contributed by atoms with Crippen LogP contribution in [0.5, 0.6) is 0 Å². The van der Waals surface area contributed by atoms with Gasteiger partial charge in [-0.25, -0.2) is 18.0 Å². The lowest BCUT2D eigenvalue weighted by atomic mass is 10.00. The molecule has 0 fully saturated rings. The van der Waals surface area contributed by atoms with E-state index in [1.165, 1.54) is 13.2 Å². The molecule has 0 aliphatic rings. The molecule has 4 rings (SSSR count). The maximum absolute atomic E-state index is 13.5. The first-order valence-corrected chi connectivity index (χ1v) is 16.0. The minimum Gasteiger partial charge on any atom is -0.465 e. The molecular weight excluding hydrogens is 590 g/mol. The second kappa shape index (κ2) is 14.3. The van der Waals surface area contributed by atoms with Crippen LogP contribution in [0.15, 0.2) is 102 Å². The first-order valence-electron chi connectivity index (χ1n) is 14.5. The molecule has 9 nitrogen and oxygen atoms in total. The number of hydrogen-bond donors (Lipinski definition) is 2. The van der Waals surface area contributed by atoms with E-state index in [1.807, 2.05) is 49.4 Å². The van der Waals surface area contributed by atoms with Crippen molar-refractivity contribution in [2.75, 3.05) is 29.8 Å². The van der Waals surface area contributed by atoms with Gasteiger partial charge < -0.3 is 19.7 Å². The van der Waals surface area contributed by atoms with E-state index >= 15 is 0 Å². The number of nitrogens with one attached hydrogen (secondary N) is 2. The molecule has 0 saturated carbocycles. The van der Waals surface area contributed by atoms with E-state index in [0.29, 0.717) is 42.0 Å². The molecule has 0 saturated heterocycles. The first-order chi connectivity index (χ1) is 21.3. The van der Waals surface area contributed by atoms with Crippen LogP contribution in [0.2, 0.25) is 0 Å². The van der Waals surface area contributed by atoms with Crippen molar-refractivity contribution in [2.24, 2.45) is 0 Å². The van der Waals surface area contributed by atoms with Crippen molar-refractivity contribution >= 4 is 33.5 Å². The molecule has 0 spiro atoms. The summed E-state index contributed by atoms with van der Waals surface area (Å²) in [5.74, 6) is -0.457. The average molecular weight is 630 g/mol. The zero-order valence-corrected chi connectivity index (χ0v) is 27.0. The monoisotopic (exact) mass is 629 g/mol. The summed E-state index contributed by atoms with van der Waals surface area (Å²) in [6.07, 6.45) is -0.502. The average Bonchev–Trinajstić information content (AvgIpc) is 3.00. The summed E-state index contributed by atoms with van der Waals surface area (Å²) in [6, 6.07) is 28.9. The van der Waals surface area contributed by atoms with Gasteiger partial charge in [0, 0.05) is 25.3 Å². The second-order valence-corrected chi connectivity index (χ2v) is 13.2. The highest BCUT2D eigenvalue weighted by molar-refractivity contribution is 7.92. The Bertz CT molecular complexity index is 1750. The normalized spacial score (nSPS) is 11.4. The van der Waals surface area contributed by atoms with Crippen LogP contribution in [0.3, 0.4) is 0 Å². The van der Waals surface area contributed by atoms with Crippen LogP contribution in [-0.4, -0.2) is 46.3 Å². The van der Waals surface area contributed by atoms with Gasteiger partial charge in [0.2, 0.25) is 0 Å². The van der Waals surface area contributed by atoms with Gasteiger partial charge in [-0.2, -0.15) is 0 Å². The Balaban J connectivity index is 1.55. The molecule has 0 aliphatic carbocycles. The number of methoxy groups -OCH3 is 1. The number of benzene rings is 4. The molecule has 0 radical (unpaired) electrons. The highest BCUT2D eigenvalue weighted by Gasteiger charge is 2.19. The summed E-state index contributed by atoms with van der Waals surface area (Å²) in [6.45, 7) is 8.55. The van der Waals surface area contributed by atoms with Crippen molar-refractivity contribution in [3.63, 3.8) is 0 Å². The lowest BCUT2D eigenvalue weighted by Gasteiger charge is -2.26. The Labute approximate surface area is 265 Å². The molecule has 0 bridgehead atoms. The number of anilines is 2. The number of nitrogens with zero attached hydrogens (tertiary/aromatic N) is 1. The third-order valence-electron chi connectivity index (χ3n) is 6.85. The lowest BCUT2D eigenvalue weighted by Crippen LogP contribution is -2.38. The van der Waals surface area contributed by atoms with Gasteiger partial charge in [0.25, 0.3) is 10.0 Å². The topological polar surface area (TPSA) is 114 Å². The fourth-order valence-electron chi connectivity index (χ4n) is 4.66. The van der Waals surface area contributed by atoms with Crippen molar-refractivity contribution in [1.29, 1.82) is 0 Å². The maximum Gasteiger partial charge on any atom is 0.407 e. The molecule has 236 valence electrons. The first kappa shape index (κ1) is 33.1. The third-order valence-corrected chi connectivity index (χ3v) is 8.23. The highest BCUT2D eigenvalue weighted by Crippen LogP contribution is 2.28. The molecule has 0 atom stereocenters. The van der Waals surface area contributed by atoms with Crippen LogP contribution >= 0.6 is 0 Å². The molecule has 2 N–H and O–H groups in total. The number of carbonyl (C=O) groups excluding carboxylic acids is 2. The van der Waals surface area contributed by atoms with Crippen LogP contribution in [0.4, 0.5) is 16.2 Å². The summed E-state index contributed by atoms with van der Waals surface area (Å²) < 4.78 is 40.0. The lowest BCUT2D eigenvalue weighted by molar-refractivity contribution is 0.0528. The minimum atomic E-state index is -3.96. The van der Waals surface area contributed by atoms with E-state index < -0.39 is 27.7 Å². The van der Waals surface area contributed by atoms with E-state index in [1.54, 1.807) is 69.3 Å². The van der Waals surface area contributed by atoms with Crippen LogP contribution in [0.25, 0.3) is 11.1 Å². The van der Waals surface area contributed by atoms with Crippen molar-refractivity contribution in [2.45, 2.75) is 44.7 Å². The summed E-state index contributed by atoms with van der Waals surface area (Å²) >= 11 is 0. The van der Waals surface area contributed by atoms with Gasteiger partial charge in [0.15, 0.2) is 0 Å². The third kappa shape index (κ3) is 9.33. The van der Waals surface area contributed by atoms with E-state index in [-0.39, 0.29) is 4.90 Å². The maximum atomic E-state index is 13.5. The predicted octanol–water partition coefficient (Wildman–Crippen LogP) is 6.78. The molecule has 0 unspecified atom stereocenters. The molecule has 0 heterocycles. The number of sulfonamides is 1. The molecular formula is C35H39N3O6S. The van der Waals surface area contributed by atoms with E-state index in [2.05, 4.69) is 14.9 Å². The van der Waals surface area contributed by atoms with Crippen LogP contribution in [0, 0.1) is 6.92 Å². The summed E-state index contributed by atoms with van der Waals surface area (Å²) in [7, 11) is -2.64. The number of hydrogen-bond acceptors (Lipinski definition) is 7. The van der Waals surface area contributed by atoms with Gasteiger partial charge >= 0.3 is 12.1 Å². The Morgan fingerprint density at radius 3 is 2.27 bits per heavy atom. The fraction of sp³-hybridized carbons (Fsp3) is 0.257. The SMILES string of the molecule is COC(=O)c1cc(-c2cccc(S(=O)(=O)Nc3cccc(N(CCNC(=O)OC(C)(C)C)Cc4ccccc4)c3)c2)ccc1C. The smallest absolute Gasteiger partial charge is 0.407 e. The Hall–Kier alpha value is -4.83. The van der Waals surface area contributed by atoms with E-state index in [4.69, 9.17) is 9.47 Å². The second-order valence-electron chi connectivity index (χ2n) is 11.5. The van der Waals surface area contributed by atoms with Gasteiger partial charge in [0.1, 0.15) is 5.60 Å². The van der Waals surface area contributed by atoms with Crippen LogP contribution < -0.4 is 14.9 Å². The Morgan fingerprint density at radius 2 is 1.56 bits per heavy atom. The van der Waals surface area contributed by atoms with Crippen LogP contribution in [-0.2, 0) is 26.0 Å². The van der Waals surface area contributed by atoms with Gasteiger partial charge in [-0.3, -0.25) is 4.72 Å². The van der Waals surface area contributed by atoms with Crippen molar-refractivity contribution in [1.82, 2.24) is 5.32 Å². The van der Waals surface area contributed by atoms with Crippen LogP contribution in [0.1, 0.15) is 42.3 Å². The van der Waals surface area contributed by atoms with Crippen molar-refractivity contribution in [3.8, 4) is 11.1 Å². The van der Waals surface area contributed by atoms with E-state index in [9.17, 15) is 18.0 Å². The molecule has 1 amide bonds. The zero-order chi connectivity index (χ0) is 32.6. The van der Waals surface area contributed by atoms with E-state index in [0.717, 1.165) is 16.8 Å². The predicted molar refractivity (Wildman–Crippen MR) is 177 cm³/mol. The summed E-state index contributed by atoms with van der Waals surface area (Å²) in [4.78, 5) is 26.6. The quantitative estimate of drug-likeness (QED) is 0.176. The molecule has 4 aromatic carbocycles. The molecule has 45 heavy (non-hydrogen) atoms. The minimum absolute atomic E-state index is 0.0771. The zero-order valence-electron chi connectivity index (χ0n) is 26.2. The summed E-state index contributed by atoms with van der Waals surface area (Å²) in [5.41, 5.74) is 4.12. The molecule has 0 aliphatic heterocycles. The van der Waals surface area contributed by atoms with Gasteiger partial charge in [-0.1, -0.05) is 60.7 Å². The highest BCUT2D eigenvalue weighted by atomic mass is 32.2. The molecule has 10 heteroatoms. The fourth-order valence-corrected chi connectivity index (χ4v) is 5.76. The number of ether oxygens (including phenoxy) is 2. The van der Waals surface area contributed by atoms with Gasteiger partial charge in [0.05, 0.1) is 23.3 Å². The summed E-state index contributed by atoms with van der Waals surface area (Å²) in [5, 5.41) is 2.79. The standard InChI is InChI=1S/C35H39N3O6S/c1-25-17-18-28(22-32(25)33(39)43-5)27-13-9-16-31(21-27)45(41,42)37-29-14-10-15-30(23-29)38(24-26-11-7-6-8-12-26)20-19-36-34(40)44-35(2,3)4/h6-18,21-23,37H,19-20,24H2,1-5H3,(H,36,40). The Morgan fingerprint density at radius 1 is 0.844 bits per heavy atom. The van der Waals surface area contributed by atoms with Crippen molar-refractivity contribution < 1.29 is 27.5 Å². The number of carbonyl (C=O) groups is 2. The number of rotatable bonds is 11. The molecule has 0 aromatic heterocycles. The van der Waals surface area contributed by atoms with Crippen molar-refractivity contribution in [3.05, 3.63) is 114 Å². The van der Waals surface area contributed by atoms with Gasteiger partial charge in [-0.05, 0) is 86.3 Å². The largest absolute Gasteiger partial charge is 0.465 e.